The van der Waals surface area contributed by atoms with Crippen LogP contribution in [0.4, 0.5) is 13.2 Å². The van der Waals surface area contributed by atoms with Crippen LogP contribution in [-0.2, 0) is 21.0 Å². The van der Waals surface area contributed by atoms with Crippen molar-refractivity contribution in [3.05, 3.63) is 23.8 Å². The largest absolute Gasteiger partial charge is 0.497 e. The van der Waals surface area contributed by atoms with Crippen molar-refractivity contribution in [1.82, 2.24) is 14.9 Å². The Morgan fingerprint density at radius 1 is 1.24 bits per heavy atom. The molecule has 1 atom stereocenters. The molecule has 1 aromatic carbocycles. The first-order valence-electron chi connectivity index (χ1n) is 9.41. The van der Waals surface area contributed by atoms with E-state index in [0.29, 0.717) is 32.0 Å². The zero-order chi connectivity index (χ0) is 21.2. The molecule has 7 nitrogen and oxygen atoms in total. The summed E-state index contributed by atoms with van der Waals surface area (Å²) in [5, 5.41) is 3.13. The summed E-state index contributed by atoms with van der Waals surface area (Å²) in [6.45, 7) is 1.52. The number of sulfonamides is 1. The van der Waals surface area contributed by atoms with Gasteiger partial charge in [-0.05, 0) is 50.4 Å². The van der Waals surface area contributed by atoms with Crippen molar-refractivity contribution in [1.29, 1.82) is 0 Å². The average Bonchev–Trinajstić information content (AvgIpc) is 3.21. The highest BCUT2D eigenvalue weighted by atomic mass is 32.2. The zero-order valence-electron chi connectivity index (χ0n) is 16.0. The van der Waals surface area contributed by atoms with Crippen LogP contribution >= 0.6 is 0 Å². The Hall–Kier alpha value is -1.85. The number of methoxy groups -OCH3 is 1. The fourth-order valence-electron chi connectivity index (χ4n) is 3.71. The third-order valence-corrected chi connectivity index (χ3v) is 6.85. The second-order valence-electron chi connectivity index (χ2n) is 7.23. The Balaban J connectivity index is 1.68. The fraction of sp³-hybridized carbons (Fsp3) is 0.611. The molecule has 2 aliphatic heterocycles. The number of carbonyl (C=O) groups is 1. The Kier molecular flexibility index (Phi) is 6.39. The number of nitrogens with zero attached hydrogens (tertiary/aromatic N) is 1. The molecule has 0 saturated carbocycles. The number of hydrogen-bond donors (Lipinski definition) is 2. The van der Waals surface area contributed by atoms with Crippen molar-refractivity contribution in [2.24, 2.45) is 0 Å². The lowest BCUT2D eigenvalue weighted by Crippen LogP contribution is -2.50. The highest BCUT2D eigenvalue weighted by Crippen LogP contribution is 2.36. The molecule has 0 spiro atoms. The minimum atomic E-state index is -4.84. The van der Waals surface area contributed by atoms with Crippen LogP contribution in [0.1, 0.15) is 31.2 Å². The van der Waals surface area contributed by atoms with Crippen LogP contribution in [-0.4, -0.2) is 58.1 Å². The van der Waals surface area contributed by atoms with E-state index in [2.05, 4.69) is 10.0 Å². The lowest BCUT2D eigenvalue weighted by atomic mass is 10.0. The first kappa shape index (κ1) is 21.8. The molecule has 1 amide bonds. The van der Waals surface area contributed by atoms with Gasteiger partial charge < -0.3 is 15.0 Å². The molecule has 29 heavy (non-hydrogen) atoms. The average molecular weight is 435 g/mol. The summed E-state index contributed by atoms with van der Waals surface area (Å²) in [7, 11) is -3.19. The summed E-state index contributed by atoms with van der Waals surface area (Å²) in [6.07, 6.45) is -2.44. The van der Waals surface area contributed by atoms with Gasteiger partial charge in [0.05, 0.1) is 23.6 Å². The number of hydrogen-bond acceptors (Lipinski definition) is 5. The predicted octanol–water partition coefficient (Wildman–Crippen LogP) is 1.74. The number of nitrogens with one attached hydrogen (secondary N) is 2. The number of halogens is 3. The van der Waals surface area contributed by atoms with Crippen LogP contribution < -0.4 is 14.8 Å². The Bertz CT molecular complexity index is 846. The van der Waals surface area contributed by atoms with Crippen molar-refractivity contribution in [3.63, 3.8) is 0 Å². The topological polar surface area (TPSA) is 87.7 Å². The van der Waals surface area contributed by atoms with Gasteiger partial charge in [-0.3, -0.25) is 4.79 Å². The SMILES string of the molecule is COc1ccc(S(=O)(=O)NC2CCN(C(=O)[C@@H]3CCCN3)CC2)c(C(F)(F)F)c1. The molecule has 162 valence electrons. The molecule has 0 aromatic heterocycles. The van der Waals surface area contributed by atoms with Gasteiger partial charge in [0, 0.05) is 19.1 Å². The van der Waals surface area contributed by atoms with Gasteiger partial charge >= 0.3 is 6.18 Å². The molecule has 2 N–H and O–H groups in total. The van der Waals surface area contributed by atoms with E-state index in [1.54, 1.807) is 4.90 Å². The van der Waals surface area contributed by atoms with Gasteiger partial charge in [-0.1, -0.05) is 0 Å². The fourth-order valence-corrected chi connectivity index (χ4v) is 5.22. The molecule has 0 bridgehead atoms. The third-order valence-electron chi connectivity index (χ3n) is 5.27. The predicted molar refractivity (Wildman–Crippen MR) is 98.9 cm³/mol. The molecule has 0 aliphatic carbocycles. The number of rotatable bonds is 5. The van der Waals surface area contributed by atoms with E-state index in [4.69, 9.17) is 4.74 Å². The molecule has 2 fully saturated rings. The third kappa shape index (κ3) is 5.01. The second-order valence-corrected chi connectivity index (χ2v) is 8.91. The molecule has 11 heteroatoms. The van der Waals surface area contributed by atoms with E-state index in [-0.39, 0.29) is 17.7 Å². The monoisotopic (exact) mass is 435 g/mol. The number of piperidine rings is 1. The molecular weight excluding hydrogens is 411 g/mol. The van der Waals surface area contributed by atoms with E-state index in [0.717, 1.165) is 25.5 Å². The van der Waals surface area contributed by atoms with Crippen molar-refractivity contribution in [2.75, 3.05) is 26.7 Å². The molecular formula is C18H24F3N3O4S. The van der Waals surface area contributed by atoms with Gasteiger partial charge in [0.15, 0.2) is 0 Å². The number of alkyl halides is 3. The molecule has 0 unspecified atom stereocenters. The number of benzene rings is 1. The van der Waals surface area contributed by atoms with Crippen LogP contribution in [0, 0.1) is 0 Å². The Morgan fingerprint density at radius 3 is 2.48 bits per heavy atom. The summed E-state index contributed by atoms with van der Waals surface area (Å²) < 4.78 is 72.5. The van der Waals surface area contributed by atoms with Gasteiger partial charge in [0.2, 0.25) is 15.9 Å². The highest BCUT2D eigenvalue weighted by molar-refractivity contribution is 7.89. The minimum Gasteiger partial charge on any atom is -0.497 e. The van der Waals surface area contributed by atoms with Gasteiger partial charge in [-0.25, -0.2) is 13.1 Å². The minimum absolute atomic E-state index is 0.00156. The number of carbonyl (C=O) groups excluding carboxylic acids is 1. The van der Waals surface area contributed by atoms with Crippen molar-refractivity contribution in [3.8, 4) is 5.75 Å². The zero-order valence-corrected chi connectivity index (χ0v) is 16.8. The van der Waals surface area contributed by atoms with Gasteiger partial charge in [0.1, 0.15) is 5.75 Å². The van der Waals surface area contributed by atoms with Crippen LogP contribution in [0.15, 0.2) is 23.1 Å². The summed E-state index contributed by atoms with van der Waals surface area (Å²) >= 11 is 0. The first-order chi connectivity index (χ1) is 13.6. The van der Waals surface area contributed by atoms with Crippen molar-refractivity contribution < 1.29 is 31.1 Å². The van der Waals surface area contributed by atoms with E-state index in [9.17, 15) is 26.4 Å². The van der Waals surface area contributed by atoms with Crippen LogP contribution in [0.3, 0.4) is 0 Å². The van der Waals surface area contributed by atoms with Crippen LogP contribution in [0.2, 0.25) is 0 Å². The van der Waals surface area contributed by atoms with E-state index >= 15 is 0 Å². The van der Waals surface area contributed by atoms with Crippen molar-refractivity contribution >= 4 is 15.9 Å². The molecule has 2 saturated heterocycles. The molecule has 3 rings (SSSR count). The summed E-state index contributed by atoms with van der Waals surface area (Å²) in [5.74, 6) is -0.0815. The standard InChI is InChI=1S/C18H24F3N3O4S/c1-28-13-4-5-16(14(11-13)18(19,20)21)29(26,27)23-12-6-9-24(10-7-12)17(25)15-3-2-8-22-15/h4-5,11-12,15,22-23H,2-3,6-10H2,1H3/t15-/m0/s1. The Morgan fingerprint density at radius 2 is 1.93 bits per heavy atom. The van der Waals surface area contributed by atoms with Gasteiger partial charge in [-0.2, -0.15) is 13.2 Å². The van der Waals surface area contributed by atoms with E-state index in [1.165, 1.54) is 13.2 Å². The van der Waals surface area contributed by atoms with Gasteiger partial charge in [0.25, 0.3) is 0 Å². The number of amides is 1. The van der Waals surface area contributed by atoms with Crippen LogP contribution in [0.25, 0.3) is 0 Å². The normalized spacial score (nSPS) is 21.4. The Labute approximate surface area is 167 Å². The van der Waals surface area contributed by atoms with Crippen molar-refractivity contribution in [2.45, 2.75) is 48.8 Å². The van der Waals surface area contributed by atoms with E-state index < -0.39 is 32.7 Å². The lowest BCUT2D eigenvalue weighted by Gasteiger charge is -2.33. The maximum absolute atomic E-state index is 13.4. The maximum atomic E-state index is 13.4. The molecule has 1 aromatic rings. The summed E-state index contributed by atoms with van der Waals surface area (Å²) in [6, 6.07) is 2.01. The quantitative estimate of drug-likeness (QED) is 0.736. The maximum Gasteiger partial charge on any atom is 0.417 e. The number of likely N-dealkylation sites (tertiary alicyclic amines) is 1. The molecule has 2 heterocycles. The first-order valence-corrected chi connectivity index (χ1v) is 10.9. The molecule has 2 aliphatic rings. The van der Waals surface area contributed by atoms with Crippen LogP contribution in [0.5, 0.6) is 5.75 Å². The number of ether oxygens (including phenoxy) is 1. The second kappa shape index (κ2) is 8.49. The highest BCUT2D eigenvalue weighted by Gasteiger charge is 2.39. The van der Waals surface area contributed by atoms with Gasteiger partial charge in [-0.15, -0.1) is 0 Å². The summed E-state index contributed by atoms with van der Waals surface area (Å²) in [5.41, 5.74) is -1.27. The molecule has 0 radical (unpaired) electrons. The van der Waals surface area contributed by atoms with E-state index in [1.807, 2.05) is 0 Å². The lowest BCUT2D eigenvalue weighted by molar-refractivity contribution is -0.140. The smallest absolute Gasteiger partial charge is 0.417 e. The summed E-state index contributed by atoms with van der Waals surface area (Å²) in [4.78, 5) is 13.3.